The number of carbonyl (C=O) groups excluding carboxylic acids is 2. The molecule has 0 aliphatic carbocycles. The molecule has 7 nitrogen and oxygen atoms in total. The van der Waals surface area contributed by atoms with Crippen molar-refractivity contribution in [1.29, 1.82) is 0 Å². The van der Waals surface area contributed by atoms with Gasteiger partial charge in [0.1, 0.15) is 0 Å². The fourth-order valence-corrected chi connectivity index (χ4v) is 3.64. The van der Waals surface area contributed by atoms with Crippen molar-refractivity contribution in [2.75, 3.05) is 32.7 Å². The number of nitrogens with zero attached hydrogens (tertiary/aromatic N) is 1. The molecule has 0 aromatic rings. The highest BCUT2D eigenvalue weighted by Gasteiger charge is 2.30. The van der Waals surface area contributed by atoms with Crippen LogP contribution in [0, 0.1) is 17.8 Å². The third-order valence-corrected chi connectivity index (χ3v) is 5.39. The summed E-state index contributed by atoms with van der Waals surface area (Å²) >= 11 is 0. The second-order valence-corrected chi connectivity index (χ2v) is 7.41. The van der Waals surface area contributed by atoms with Gasteiger partial charge < -0.3 is 20.6 Å². The first-order valence-corrected chi connectivity index (χ1v) is 9.46. The third kappa shape index (κ3) is 6.30. The average molecular weight is 353 g/mol. The van der Waals surface area contributed by atoms with E-state index in [1.165, 1.54) is 12.8 Å². The normalized spacial score (nSPS) is 23.3. The van der Waals surface area contributed by atoms with Crippen molar-refractivity contribution in [3.63, 3.8) is 0 Å². The maximum absolute atomic E-state index is 12.6. The summed E-state index contributed by atoms with van der Waals surface area (Å²) in [4.78, 5) is 37.0. The van der Waals surface area contributed by atoms with Gasteiger partial charge in [-0.25, -0.2) is 0 Å². The lowest BCUT2D eigenvalue weighted by atomic mass is 9.86. The number of carboxylic acid groups (broad SMARTS) is 1. The van der Waals surface area contributed by atoms with Gasteiger partial charge in [-0.2, -0.15) is 0 Å². The van der Waals surface area contributed by atoms with E-state index in [2.05, 4.69) is 10.6 Å². The van der Waals surface area contributed by atoms with Gasteiger partial charge in [0.25, 0.3) is 0 Å². The molecule has 7 heteroatoms. The number of piperidine rings is 2. The minimum atomic E-state index is -0.938. The summed E-state index contributed by atoms with van der Waals surface area (Å²) in [5.74, 6) is -1.01. The van der Waals surface area contributed by atoms with Crippen LogP contribution in [0.5, 0.6) is 0 Å². The van der Waals surface area contributed by atoms with Crippen LogP contribution in [0.25, 0.3) is 0 Å². The first-order chi connectivity index (χ1) is 12.0. The Bertz CT molecular complexity index is 477. The Hall–Kier alpha value is -1.63. The van der Waals surface area contributed by atoms with Crippen LogP contribution in [0.15, 0.2) is 0 Å². The van der Waals surface area contributed by atoms with Crippen molar-refractivity contribution in [3.05, 3.63) is 0 Å². The topological polar surface area (TPSA) is 98.7 Å². The number of carboxylic acids is 1. The van der Waals surface area contributed by atoms with Gasteiger partial charge in [-0.15, -0.1) is 0 Å². The zero-order valence-corrected chi connectivity index (χ0v) is 15.1. The summed E-state index contributed by atoms with van der Waals surface area (Å²) in [5, 5.41) is 14.8. The van der Waals surface area contributed by atoms with Crippen LogP contribution in [-0.2, 0) is 14.4 Å². The maximum Gasteiger partial charge on any atom is 0.308 e. The lowest BCUT2D eigenvalue weighted by Gasteiger charge is -2.33. The largest absolute Gasteiger partial charge is 0.481 e. The van der Waals surface area contributed by atoms with Gasteiger partial charge in [-0.1, -0.05) is 6.92 Å². The van der Waals surface area contributed by atoms with Gasteiger partial charge in [0, 0.05) is 19.0 Å². The van der Waals surface area contributed by atoms with Crippen LogP contribution in [0.3, 0.4) is 0 Å². The van der Waals surface area contributed by atoms with Gasteiger partial charge in [-0.3, -0.25) is 14.4 Å². The Balaban J connectivity index is 1.74. The molecule has 0 saturated carbocycles. The second kappa shape index (κ2) is 9.75. The summed E-state index contributed by atoms with van der Waals surface area (Å²) in [6.07, 6.45) is 6.23. The molecule has 3 N–H and O–H groups in total. The maximum atomic E-state index is 12.6. The van der Waals surface area contributed by atoms with E-state index in [1.54, 1.807) is 11.8 Å². The van der Waals surface area contributed by atoms with Crippen molar-refractivity contribution >= 4 is 17.8 Å². The van der Waals surface area contributed by atoms with Crippen molar-refractivity contribution in [2.24, 2.45) is 17.8 Å². The predicted octanol–water partition coefficient (Wildman–Crippen LogP) is 0.842. The van der Waals surface area contributed by atoms with Gasteiger partial charge in [-0.05, 0) is 57.5 Å². The molecule has 2 heterocycles. The first-order valence-electron chi connectivity index (χ1n) is 9.46. The number of nitrogens with one attached hydrogen (secondary N) is 2. The monoisotopic (exact) mass is 353 g/mol. The number of rotatable bonds is 8. The molecule has 0 spiro atoms. The molecule has 2 atom stereocenters. The van der Waals surface area contributed by atoms with E-state index in [9.17, 15) is 14.4 Å². The Morgan fingerprint density at radius 2 is 2.00 bits per heavy atom. The molecule has 25 heavy (non-hydrogen) atoms. The van der Waals surface area contributed by atoms with Crippen molar-refractivity contribution in [1.82, 2.24) is 15.5 Å². The van der Waals surface area contributed by atoms with E-state index < -0.39 is 11.9 Å². The van der Waals surface area contributed by atoms with Crippen molar-refractivity contribution in [3.8, 4) is 0 Å². The lowest BCUT2D eigenvalue weighted by molar-refractivity contribution is -0.143. The number of hydrogen-bond donors (Lipinski definition) is 3. The summed E-state index contributed by atoms with van der Waals surface area (Å²) < 4.78 is 0. The number of carbonyl (C=O) groups is 3. The Morgan fingerprint density at radius 3 is 2.68 bits per heavy atom. The molecule has 2 amide bonds. The van der Waals surface area contributed by atoms with E-state index in [1.807, 2.05) is 0 Å². The number of aliphatic carboxylic acids is 1. The Morgan fingerprint density at radius 1 is 1.28 bits per heavy atom. The van der Waals surface area contributed by atoms with Crippen molar-refractivity contribution < 1.29 is 19.5 Å². The Kier molecular flexibility index (Phi) is 7.68. The SMILES string of the molecule is C[C@H](CNC(=O)CN1CCC[C@@H](CCC2CCNCC2)C1=O)C(=O)O. The molecule has 2 aliphatic heterocycles. The molecular weight excluding hydrogens is 322 g/mol. The zero-order valence-electron chi connectivity index (χ0n) is 15.1. The number of likely N-dealkylation sites (tertiary alicyclic amines) is 1. The highest BCUT2D eigenvalue weighted by atomic mass is 16.4. The molecule has 2 fully saturated rings. The summed E-state index contributed by atoms with van der Waals surface area (Å²) in [6, 6.07) is 0. The minimum absolute atomic E-state index is 0.0365. The summed E-state index contributed by atoms with van der Waals surface area (Å²) in [7, 11) is 0. The third-order valence-electron chi connectivity index (χ3n) is 5.39. The van der Waals surface area contributed by atoms with Crippen LogP contribution in [0.1, 0.15) is 45.4 Å². The molecule has 0 radical (unpaired) electrons. The standard InChI is InChI=1S/C18H31N3O4/c1-13(18(24)25)11-20-16(22)12-21-10-2-3-15(17(21)23)5-4-14-6-8-19-9-7-14/h13-15,19H,2-12H2,1H3,(H,20,22)(H,24,25)/t13-,15+/m1/s1. The summed E-state index contributed by atoms with van der Waals surface area (Å²) in [6.45, 7) is 4.44. The van der Waals surface area contributed by atoms with E-state index in [-0.39, 0.29) is 30.8 Å². The number of hydrogen-bond acceptors (Lipinski definition) is 4. The van der Waals surface area contributed by atoms with Gasteiger partial charge >= 0.3 is 5.97 Å². The molecule has 2 saturated heterocycles. The van der Waals surface area contributed by atoms with Crippen LogP contribution in [0.2, 0.25) is 0 Å². The van der Waals surface area contributed by atoms with Crippen LogP contribution in [-0.4, -0.2) is 60.5 Å². The van der Waals surface area contributed by atoms with Gasteiger partial charge in [0.2, 0.25) is 11.8 Å². The molecule has 0 unspecified atom stereocenters. The van der Waals surface area contributed by atoms with E-state index in [0.717, 1.165) is 38.8 Å². The lowest BCUT2D eigenvalue weighted by Crippen LogP contribution is -2.47. The highest BCUT2D eigenvalue weighted by molar-refractivity contribution is 5.86. The molecule has 2 rings (SSSR count). The molecular formula is C18H31N3O4. The highest BCUT2D eigenvalue weighted by Crippen LogP contribution is 2.27. The Labute approximate surface area is 149 Å². The quantitative estimate of drug-likeness (QED) is 0.601. The van der Waals surface area contributed by atoms with Crippen LogP contribution in [0.4, 0.5) is 0 Å². The van der Waals surface area contributed by atoms with Gasteiger partial charge in [0.05, 0.1) is 12.5 Å². The predicted molar refractivity (Wildman–Crippen MR) is 93.9 cm³/mol. The molecule has 0 aromatic carbocycles. The second-order valence-electron chi connectivity index (χ2n) is 7.41. The number of amides is 2. The van der Waals surface area contributed by atoms with Crippen molar-refractivity contribution in [2.45, 2.75) is 45.4 Å². The molecule has 142 valence electrons. The average Bonchev–Trinajstić information content (AvgIpc) is 2.61. The van der Waals surface area contributed by atoms with E-state index >= 15 is 0 Å². The van der Waals surface area contributed by atoms with Gasteiger partial charge in [0.15, 0.2) is 0 Å². The first kappa shape index (κ1) is 19.7. The molecule has 2 aliphatic rings. The van der Waals surface area contributed by atoms with E-state index in [4.69, 9.17) is 5.11 Å². The van der Waals surface area contributed by atoms with Crippen LogP contribution >= 0.6 is 0 Å². The summed E-state index contributed by atoms with van der Waals surface area (Å²) in [5.41, 5.74) is 0. The molecule has 0 aromatic heterocycles. The molecule has 0 bridgehead atoms. The zero-order chi connectivity index (χ0) is 18.2. The smallest absolute Gasteiger partial charge is 0.308 e. The fraction of sp³-hybridized carbons (Fsp3) is 0.833. The van der Waals surface area contributed by atoms with Crippen LogP contribution < -0.4 is 10.6 Å². The fourth-order valence-electron chi connectivity index (χ4n) is 3.64. The minimum Gasteiger partial charge on any atom is -0.481 e. The van der Waals surface area contributed by atoms with E-state index in [0.29, 0.717) is 12.5 Å².